The molecule has 0 aromatic rings. The molecule has 0 heterocycles. The Morgan fingerprint density at radius 2 is 0.917 bits per heavy atom. The van der Waals surface area contributed by atoms with Gasteiger partial charge in [0.1, 0.15) is 12.2 Å². The SMILES string of the molecule is CCCCC/C=C\C/C=C\C/C=C\CCCCCCCCC(=O)OC(CO)COP(=O)(O)OCC(CO)OC(=O)CCCCCCCC. The van der Waals surface area contributed by atoms with Gasteiger partial charge in [-0.3, -0.25) is 18.6 Å². The molecule has 0 fully saturated rings. The molecule has 0 aromatic heterocycles. The quantitative estimate of drug-likeness (QED) is 0.0257. The Morgan fingerprint density at radius 3 is 1.35 bits per heavy atom. The summed E-state index contributed by atoms with van der Waals surface area (Å²) in [6.07, 6.45) is 31.6. The second-order valence-electron chi connectivity index (χ2n) is 12.2. The predicted octanol–water partition coefficient (Wildman–Crippen LogP) is 8.83. The summed E-state index contributed by atoms with van der Waals surface area (Å²) in [6, 6.07) is 0. The fourth-order valence-corrected chi connectivity index (χ4v) is 5.49. The van der Waals surface area contributed by atoms with Gasteiger partial charge in [0.2, 0.25) is 0 Å². The maximum atomic E-state index is 12.2. The zero-order chi connectivity index (χ0) is 35.6. The summed E-state index contributed by atoms with van der Waals surface area (Å²) in [5.74, 6) is -1.04. The maximum Gasteiger partial charge on any atom is 0.472 e. The van der Waals surface area contributed by atoms with Crippen molar-refractivity contribution in [2.45, 2.75) is 161 Å². The van der Waals surface area contributed by atoms with Crippen LogP contribution in [0.3, 0.4) is 0 Å². The first-order chi connectivity index (χ1) is 23.3. The monoisotopic (exact) mass is 702 g/mol. The lowest BCUT2D eigenvalue weighted by molar-refractivity contribution is -0.153. The van der Waals surface area contributed by atoms with E-state index in [1.165, 1.54) is 25.7 Å². The van der Waals surface area contributed by atoms with E-state index in [4.69, 9.17) is 18.5 Å². The summed E-state index contributed by atoms with van der Waals surface area (Å²) >= 11 is 0. The lowest BCUT2D eigenvalue weighted by atomic mass is 10.1. The number of unbranched alkanes of at least 4 members (excludes halogenated alkanes) is 14. The summed E-state index contributed by atoms with van der Waals surface area (Å²) in [6.45, 7) is 2.06. The van der Waals surface area contributed by atoms with Crippen LogP contribution in [0.15, 0.2) is 36.5 Å². The van der Waals surface area contributed by atoms with E-state index in [1.54, 1.807) is 0 Å². The maximum absolute atomic E-state index is 12.2. The van der Waals surface area contributed by atoms with Gasteiger partial charge in [-0.25, -0.2) is 4.57 Å². The molecule has 0 aromatic carbocycles. The van der Waals surface area contributed by atoms with E-state index in [1.807, 2.05) is 0 Å². The van der Waals surface area contributed by atoms with Crippen molar-refractivity contribution in [3.05, 3.63) is 36.5 Å². The van der Waals surface area contributed by atoms with Crippen molar-refractivity contribution >= 4 is 19.8 Å². The molecule has 0 aliphatic carbocycles. The van der Waals surface area contributed by atoms with Crippen LogP contribution in [0.25, 0.3) is 0 Å². The van der Waals surface area contributed by atoms with Crippen molar-refractivity contribution in [1.82, 2.24) is 0 Å². The topological polar surface area (TPSA) is 149 Å². The van der Waals surface area contributed by atoms with Crippen LogP contribution in [-0.4, -0.2) is 65.7 Å². The Morgan fingerprint density at radius 1 is 0.562 bits per heavy atom. The van der Waals surface area contributed by atoms with E-state index in [2.05, 4.69) is 50.3 Å². The first-order valence-electron chi connectivity index (χ1n) is 18.4. The van der Waals surface area contributed by atoms with Crippen molar-refractivity contribution < 1.29 is 47.8 Å². The molecule has 280 valence electrons. The number of phosphoric ester groups is 1. The summed E-state index contributed by atoms with van der Waals surface area (Å²) < 4.78 is 32.2. The van der Waals surface area contributed by atoms with Gasteiger partial charge in [0.25, 0.3) is 0 Å². The third-order valence-corrected chi connectivity index (χ3v) is 8.56. The fraction of sp³-hybridized carbons (Fsp3) is 0.784. The Hall–Kier alpha value is -1.81. The molecule has 10 nitrogen and oxygen atoms in total. The molecule has 3 atom stereocenters. The third-order valence-electron chi connectivity index (χ3n) is 7.61. The highest BCUT2D eigenvalue weighted by Crippen LogP contribution is 2.43. The molecule has 48 heavy (non-hydrogen) atoms. The van der Waals surface area contributed by atoms with Gasteiger partial charge in [0.15, 0.2) is 0 Å². The second kappa shape index (κ2) is 33.7. The normalized spacial score (nSPS) is 14.5. The van der Waals surface area contributed by atoms with E-state index < -0.39 is 58.4 Å². The Bertz CT molecular complexity index is 905. The first-order valence-corrected chi connectivity index (χ1v) is 19.9. The van der Waals surface area contributed by atoms with Crippen LogP contribution >= 0.6 is 7.82 Å². The van der Waals surface area contributed by atoms with Crippen LogP contribution in [0.1, 0.15) is 149 Å². The Balaban J connectivity index is 3.96. The molecule has 0 amide bonds. The number of hydrogen-bond donors (Lipinski definition) is 3. The van der Waals surface area contributed by atoms with Crippen molar-refractivity contribution in [2.24, 2.45) is 0 Å². The van der Waals surface area contributed by atoms with E-state index in [-0.39, 0.29) is 12.8 Å². The van der Waals surface area contributed by atoms with Crippen LogP contribution in [0.4, 0.5) is 0 Å². The van der Waals surface area contributed by atoms with Gasteiger partial charge in [0, 0.05) is 12.8 Å². The van der Waals surface area contributed by atoms with Gasteiger partial charge >= 0.3 is 19.8 Å². The highest BCUT2D eigenvalue weighted by Gasteiger charge is 2.27. The predicted molar refractivity (Wildman–Crippen MR) is 191 cm³/mol. The lowest BCUT2D eigenvalue weighted by Crippen LogP contribution is -2.28. The van der Waals surface area contributed by atoms with Gasteiger partial charge in [-0.05, 0) is 51.4 Å². The average Bonchev–Trinajstić information content (AvgIpc) is 3.07. The van der Waals surface area contributed by atoms with E-state index in [0.29, 0.717) is 12.8 Å². The van der Waals surface area contributed by atoms with Gasteiger partial charge < -0.3 is 24.6 Å². The van der Waals surface area contributed by atoms with Crippen molar-refractivity contribution in [1.29, 1.82) is 0 Å². The van der Waals surface area contributed by atoms with Crippen LogP contribution < -0.4 is 0 Å². The number of allylic oxidation sites excluding steroid dienone is 6. The summed E-state index contributed by atoms with van der Waals surface area (Å²) in [5, 5.41) is 19.0. The third kappa shape index (κ3) is 31.5. The smallest absolute Gasteiger partial charge is 0.457 e. The molecule has 0 aliphatic rings. The standard InChI is InChI=1S/C37H67O10P/c1-3-5-7-9-11-12-13-14-15-16-17-18-19-20-21-22-23-25-27-29-37(41)47-35(31-39)33-45-48(42,43)44-32-34(30-38)46-36(40)28-26-24-10-8-6-4-2/h11-12,14-15,17-18,34-35,38-39H,3-10,13,16,19-33H2,1-2H3,(H,42,43)/b12-11-,15-14-,18-17-. The summed E-state index contributed by atoms with van der Waals surface area (Å²) in [4.78, 5) is 34.1. The zero-order valence-corrected chi connectivity index (χ0v) is 30.8. The van der Waals surface area contributed by atoms with E-state index in [0.717, 1.165) is 83.5 Å². The number of carbonyl (C=O) groups is 2. The number of hydrogen-bond acceptors (Lipinski definition) is 9. The first kappa shape index (κ1) is 46.2. The molecule has 0 saturated heterocycles. The Labute approximate surface area is 291 Å². The van der Waals surface area contributed by atoms with Gasteiger partial charge in [-0.15, -0.1) is 0 Å². The molecule has 0 radical (unpaired) electrons. The Kier molecular flexibility index (Phi) is 32.4. The number of ether oxygens (including phenoxy) is 2. The summed E-state index contributed by atoms with van der Waals surface area (Å²) in [5.41, 5.74) is 0. The van der Waals surface area contributed by atoms with Crippen molar-refractivity contribution in [3.63, 3.8) is 0 Å². The highest BCUT2D eigenvalue weighted by molar-refractivity contribution is 7.47. The van der Waals surface area contributed by atoms with Gasteiger partial charge in [0.05, 0.1) is 26.4 Å². The minimum absolute atomic E-state index is 0.178. The largest absolute Gasteiger partial charge is 0.472 e. The molecule has 3 N–H and O–H groups in total. The number of aliphatic hydroxyl groups is 2. The minimum Gasteiger partial charge on any atom is -0.457 e. The van der Waals surface area contributed by atoms with E-state index >= 15 is 0 Å². The minimum atomic E-state index is -4.62. The van der Waals surface area contributed by atoms with Crippen LogP contribution in [-0.2, 0) is 32.7 Å². The van der Waals surface area contributed by atoms with Gasteiger partial charge in [-0.1, -0.05) is 121 Å². The molecule has 0 bridgehead atoms. The number of carbonyl (C=O) groups excluding carboxylic acids is 2. The molecule has 0 aliphatic heterocycles. The molecular formula is C37H67O10P. The fourth-order valence-electron chi connectivity index (χ4n) is 4.71. The molecule has 11 heteroatoms. The van der Waals surface area contributed by atoms with Crippen LogP contribution in [0.2, 0.25) is 0 Å². The molecule has 3 unspecified atom stereocenters. The van der Waals surface area contributed by atoms with E-state index in [9.17, 15) is 29.3 Å². The molecule has 0 saturated carbocycles. The molecule has 0 rings (SSSR count). The number of aliphatic hydroxyl groups excluding tert-OH is 2. The number of rotatable bonds is 34. The zero-order valence-electron chi connectivity index (χ0n) is 29.9. The number of esters is 2. The average molecular weight is 703 g/mol. The highest BCUT2D eigenvalue weighted by atomic mass is 31.2. The van der Waals surface area contributed by atoms with Crippen LogP contribution in [0, 0.1) is 0 Å². The summed E-state index contributed by atoms with van der Waals surface area (Å²) in [7, 11) is -4.62. The van der Waals surface area contributed by atoms with Crippen molar-refractivity contribution in [2.75, 3.05) is 26.4 Å². The molecule has 0 spiro atoms. The van der Waals surface area contributed by atoms with Gasteiger partial charge in [-0.2, -0.15) is 0 Å². The van der Waals surface area contributed by atoms with Crippen molar-refractivity contribution in [3.8, 4) is 0 Å². The lowest BCUT2D eigenvalue weighted by Gasteiger charge is -2.20. The van der Waals surface area contributed by atoms with Crippen LogP contribution in [0.5, 0.6) is 0 Å². The molecular weight excluding hydrogens is 635 g/mol. The second-order valence-corrected chi connectivity index (χ2v) is 13.7. The number of phosphoric acid groups is 1.